The van der Waals surface area contributed by atoms with Crippen LogP contribution in [0.5, 0.6) is 0 Å². The second kappa shape index (κ2) is 4.95. The number of aromatic nitrogens is 3. The number of fused-ring (bicyclic) bond motifs is 2. The van der Waals surface area contributed by atoms with E-state index in [0.717, 1.165) is 50.4 Å². The van der Waals surface area contributed by atoms with E-state index in [1.54, 1.807) is 0 Å². The predicted octanol–water partition coefficient (Wildman–Crippen LogP) is 1.93. The third-order valence-corrected chi connectivity index (χ3v) is 4.78. The molecule has 0 unspecified atom stereocenters. The number of hydrogen-bond acceptors (Lipinski definition) is 4. The Kier molecular flexibility index (Phi) is 3.15. The van der Waals surface area contributed by atoms with E-state index in [2.05, 4.69) is 41.6 Å². The number of anilines is 1. The second-order valence-corrected chi connectivity index (χ2v) is 7.50. The number of nitrogens with zero attached hydrogens (tertiary/aromatic N) is 4. The van der Waals surface area contributed by atoms with Crippen molar-refractivity contribution in [3.05, 3.63) is 23.0 Å². The van der Waals surface area contributed by atoms with Crippen molar-refractivity contribution in [1.82, 2.24) is 19.9 Å². The normalized spacial score (nSPS) is 19.0. The molecule has 3 heterocycles. The molecule has 118 valence electrons. The number of piperazine rings is 1. The van der Waals surface area contributed by atoms with Crippen LogP contribution in [-0.4, -0.2) is 40.8 Å². The third-order valence-electron chi connectivity index (χ3n) is 4.78. The van der Waals surface area contributed by atoms with Crippen molar-refractivity contribution in [2.75, 3.05) is 31.1 Å². The van der Waals surface area contributed by atoms with E-state index in [9.17, 15) is 0 Å². The topological polar surface area (TPSA) is 45.5 Å². The van der Waals surface area contributed by atoms with Crippen molar-refractivity contribution in [1.29, 1.82) is 0 Å². The summed E-state index contributed by atoms with van der Waals surface area (Å²) >= 11 is 0. The van der Waals surface area contributed by atoms with E-state index in [1.807, 2.05) is 0 Å². The first-order valence-corrected chi connectivity index (χ1v) is 8.42. The van der Waals surface area contributed by atoms with Crippen LogP contribution < -0.4 is 10.2 Å². The second-order valence-electron chi connectivity index (χ2n) is 7.50. The largest absolute Gasteiger partial charge is 0.354 e. The molecule has 2 aliphatic rings. The molecular formula is C17H25N5. The highest BCUT2D eigenvalue weighted by atomic mass is 15.4. The van der Waals surface area contributed by atoms with Crippen molar-refractivity contribution in [3.8, 4) is 0 Å². The van der Waals surface area contributed by atoms with Crippen LogP contribution in [0.1, 0.15) is 44.1 Å². The van der Waals surface area contributed by atoms with Gasteiger partial charge in [0.15, 0.2) is 5.65 Å². The lowest BCUT2D eigenvalue weighted by atomic mass is 9.93. The predicted molar refractivity (Wildman–Crippen MR) is 88.8 cm³/mol. The first-order chi connectivity index (χ1) is 10.5. The van der Waals surface area contributed by atoms with Crippen molar-refractivity contribution < 1.29 is 0 Å². The standard InChI is InChI=1S/C17H25N5/c1-17(2,3)14-11-15-19-13-6-4-5-12(13)16(22(15)20-14)21-9-7-18-8-10-21/h11,18H,4-10H2,1-3H3. The van der Waals surface area contributed by atoms with E-state index < -0.39 is 0 Å². The third kappa shape index (κ3) is 2.19. The van der Waals surface area contributed by atoms with Gasteiger partial charge in [-0.3, -0.25) is 0 Å². The zero-order valence-electron chi connectivity index (χ0n) is 13.8. The van der Waals surface area contributed by atoms with Crippen molar-refractivity contribution in [2.45, 2.75) is 45.4 Å². The summed E-state index contributed by atoms with van der Waals surface area (Å²) in [7, 11) is 0. The SMILES string of the molecule is CC(C)(C)c1cc2nc3c(c(N4CCNCC4)n2n1)CCC3. The molecule has 5 heteroatoms. The van der Waals surface area contributed by atoms with E-state index in [-0.39, 0.29) is 5.41 Å². The molecule has 2 aromatic heterocycles. The minimum Gasteiger partial charge on any atom is -0.354 e. The summed E-state index contributed by atoms with van der Waals surface area (Å²) in [6.45, 7) is 10.8. The zero-order chi connectivity index (χ0) is 15.3. The maximum atomic E-state index is 4.93. The van der Waals surface area contributed by atoms with Gasteiger partial charge in [0.1, 0.15) is 5.82 Å². The lowest BCUT2D eigenvalue weighted by Gasteiger charge is -2.31. The fourth-order valence-corrected chi connectivity index (χ4v) is 3.53. The molecule has 0 amide bonds. The Bertz CT molecular complexity index is 704. The summed E-state index contributed by atoms with van der Waals surface area (Å²) in [5, 5.41) is 8.37. The Morgan fingerprint density at radius 3 is 2.64 bits per heavy atom. The Balaban J connectivity index is 1.92. The molecule has 0 aromatic carbocycles. The zero-order valence-corrected chi connectivity index (χ0v) is 13.8. The smallest absolute Gasteiger partial charge is 0.157 e. The van der Waals surface area contributed by atoms with E-state index in [0.29, 0.717) is 0 Å². The molecule has 0 atom stereocenters. The molecule has 1 aliphatic carbocycles. The van der Waals surface area contributed by atoms with Gasteiger partial charge in [0.25, 0.3) is 0 Å². The molecule has 0 bridgehead atoms. The molecule has 0 saturated carbocycles. The van der Waals surface area contributed by atoms with Crippen LogP contribution in [0.2, 0.25) is 0 Å². The fraction of sp³-hybridized carbons (Fsp3) is 0.647. The molecule has 5 nitrogen and oxygen atoms in total. The summed E-state index contributed by atoms with van der Waals surface area (Å²) in [5.41, 5.74) is 4.91. The number of nitrogens with one attached hydrogen (secondary N) is 1. The van der Waals surface area contributed by atoms with Crippen molar-refractivity contribution in [2.24, 2.45) is 0 Å². The first kappa shape index (κ1) is 14.0. The number of rotatable bonds is 1. The summed E-state index contributed by atoms with van der Waals surface area (Å²) in [5.74, 6) is 1.30. The minimum atomic E-state index is 0.0544. The lowest BCUT2D eigenvalue weighted by molar-refractivity contribution is 0.555. The van der Waals surface area contributed by atoms with Crippen LogP contribution in [0, 0.1) is 0 Å². The van der Waals surface area contributed by atoms with E-state index in [1.165, 1.54) is 23.5 Å². The van der Waals surface area contributed by atoms with Gasteiger partial charge in [0.05, 0.1) is 5.69 Å². The highest BCUT2D eigenvalue weighted by Crippen LogP contribution is 2.33. The average Bonchev–Trinajstić information content (AvgIpc) is 3.10. The number of hydrogen-bond donors (Lipinski definition) is 1. The Morgan fingerprint density at radius 1 is 1.14 bits per heavy atom. The minimum absolute atomic E-state index is 0.0544. The molecule has 1 aliphatic heterocycles. The quantitative estimate of drug-likeness (QED) is 0.874. The van der Waals surface area contributed by atoms with Crippen molar-refractivity contribution >= 4 is 11.5 Å². The van der Waals surface area contributed by atoms with Gasteiger partial charge in [-0.2, -0.15) is 9.61 Å². The van der Waals surface area contributed by atoms with E-state index >= 15 is 0 Å². The van der Waals surface area contributed by atoms with Gasteiger partial charge in [-0.25, -0.2) is 4.98 Å². The van der Waals surface area contributed by atoms with Crippen LogP contribution in [-0.2, 0) is 18.3 Å². The molecule has 0 radical (unpaired) electrons. The monoisotopic (exact) mass is 299 g/mol. The molecular weight excluding hydrogens is 274 g/mol. The van der Waals surface area contributed by atoms with Gasteiger partial charge >= 0.3 is 0 Å². The van der Waals surface area contributed by atoms with Crippen LogP contribution in [0.25, 0.3) is 5.65 Å². The maximum Gasteiger partial charge on any atom is 0.157 e. The van der Waals surface area contributed by atoms with Gasteiger partial charge in [0.2, 0.25) is 0 Å². The van der Waals surface area contributed by atoms with Gasteiger partial charge in [-0.15, -0.1) is 0 Å². The van der Waals surface area contributed by atoms with Crippen LogP contribution in [0.4, 0.5) is 5.82 Å². The summed E-state index contributed by atoms with van der Waals surface area (Å²) in [6.07, 6.45) is 3.48. The maximum absolute atomic E-state index is 4.93. The highest BCUT2D eigenvalue weighted by Gasteiger charge is 2.27. The summed E-state index contributed by atoms with van der Waals surface area (Å²) in [4.78, 5) is 7.40. The molecule has 4 rings (SSSR count). The molecule has 1 N–H and O–H groups in total. The summed E-state index contributed by atoms with van der Waals surface area (Å²) in [6, 6.07) is 2.17. The van der Waals surface area contributed by atoms with Crippen LogP contribution in [0.15, 0.2) is 6.07 Å². The Hall–Kier alpha value is -1.62. The Labute approximate surface area is 131 Å². The Morgan fingerprint density at radius 2 is 1.91 bits per heavy atom. The van der Waals surface area contributed by atoms with Crippen molar-refractivity contribution in [3.63, 3.8) is 0 Å². The summed E-state index contributed by atoms with van der Waals surface area (Å²) < 4.78 is 2.11. The molecule has 1 fully saturated rings. The van der Waals surface area contributed by atoms with E-state index in [4.69, 9.17) is 10.1 Å². The lowest BCUT2D eigenvalue weighted by Crippen LogP contribution is -2.44. The molecule has 22 heavy (non-hydrogen) atoms. The fourth-order valence-electron chi connectivity index (χ4n) is 3.53. The first-order valence-electron chi connectivity index (χ1n) is 8.42. The van der Waals surface area contributed by atoms with Gasteiger partial charge in [-0.05, 0) is 19.3 Å². The highest BCUT2D eigenvalue weighted by molar-refractivity contribution is 5.59. The van der Waals surface area contributed by atoms with Gasteiger partial charge in [0, 0.05) is 48.9 Å². The van der Waals surface area contributed by atoms with Gasteiger partial charge in [-0.1, -0.05) is 20.8 Å². The number of aryl methyl sites for hydroxylation is 1. The average molecular weight is 299 g/mol. The molecule has 2 aromatic rings. The molecule has 0 spiro atoms. The molecule has 1 saturated heterocycles. The van der Waals surface area contributed by atoms with Gasteiger partial charge < -0.3 is 10.2 Å². The van der Waals surface area contributed by atoms with Crippen LogP contribution in [0.3, 0.4) is 0 Å². The van der Waals surface area contributed by atoms with Crippen LogP contribution >= 0.6 is 0 Å².